The molecule has 2 aliphatic heterocycles. The maximum Gasteiger partial charge on any atom is 0.258 e. The lowest BCUT2D eigenvalue weighted by Crippen LogP contribution is -2.57. The predicted octanol–water partition coefficient (Wildman–Crippen LogP) is 5.03. The number of amides is 1. The number of aryl methyl sites for hydroxylation is 2. The van der Waals surface area contributed by atoms with Crippen LogP contribution in [0.2, 0.25) is 0 Å². The van der Waals surface area contributed by atoms with E-state index in [1.807, 2.05) is 36.5 Å². The third-order valence-corrected chi connectivity index (χ3v) is 8.34. The average molecular weight is 515 g/mol. The van der Waals surface area contributed by atoms with Crippen molar-refractivity contribution in [3.05, 3.63) is 70.4 Å². The van der Waals surface area contributed by atoms with Crippen LogP contribution < -0.4 is 10.7 Å². The lowest BCUT2D eigenvalue weighted by molar-refractivity contribution is 0.0602. The fourth-order valence-corrected chi connectivity index (χ4v) is 6.07. The summed E-state index contributed by atoms with van der Waals surface area (Å²) in [4.78, 5) is 22.1. The van der Waals surface area contributed by atoms with Gasteiger partial charge in [0.15, 0.2) is 0 Å². The van der Waals surface area contributed by atoms with Gasteiger partial charge < -0.3 is 10.2 Å². The molecular formula is C31H42N6O. The van der Waals surface area contributed by atoms with Crippen molar-refractivity contribution in [1.29, 1.82) is 0 Å². The summed E-state index contributed by atoms with van der Waals surface area (Å²) in [5.41, 5.74) is 9.92. The van der Waals surface area contributed by atoms with Crippen molar-refractivity contribution in [2.24, 2.45) is 10.9 Å². The number of aliphatic imine (C=N–C) groups is 1. The highest BCUT2D eigenvalue weighted by Gasteiger charge is 2.27. The van der Waals surface area contributed by atoms with Gasteiger partial charge in [-0.1, -0.05) is 24.6 Å². The molecule has 202 valence electrons. The Hall–Kier alpha value is -3.16. The molecule has 2 heterocycles. The van der Waals surface area contributed by atoms with Crippen LogP contribution in [0.25, 0.3) is 6.08 Å². The molecule has 0 radical (unpaired) electrons. The van der Waals surface area contributed by atoms with Gasteiger partial charge in [0.05, 0.1) is 6.54 Å². The summed E-state index contributed by atoms with van der Waals surface area (Å²) in [5, 5.41) is 5.62. The van der Waals surface area contributed by atoms with Gasteiger partial charge in [-0.2, -0.15) is 0 Å². The summed E-state index contributed by atoms with van der Waals surface area (Å²) >= 11 is 0. The highest BCUT2D eigenvalue weighted by molar-refractivity contribution is 5.97. The van der Waals surface area contributed by atoms with E-state index in [1.165, 1.54) is 47.9 Å². The molecule has 0 atom stereocenters. The lowest BCUT2D eigenvalue weighted by atomic mass is 9.86. The van der Waals surface area contributed by atoms with Gasteiger partial charge in [-0.3, -0.25) is 20.1 Å². The summed E-state index contributed by atoms with van der Waals surface area (Å²) in [6.45, 7) is 11.3. The number of hydrazine groups is 1. The number of guanidine groups is 1. The van der Waals surface area contributed by atoms with Gasteiger partial charge >= 0.3 is 0 Å². The smallest absolute Gasteiger partial charge is 0.258 e. The number of anilines is 1. The molecule has 2 fully saturated rings. The number of carbonyl (C=O) groups is 1. The molecule has 2 aromatic rings. The van der Waals surface area contributed by atoms with E-state index in [0.29, 0.717) is 18.1 Å². The van der Waals surface area contributed by atoms with E-state index < -0.39 is 0 Å². The maximum atomic E-state index is 13.2. The van der Waals surface area contributed by atoms with Crippen molar-refractivity contribution in [2.45, 2.75) is 59.0 Å². The van der Waals surface area contributed by atoms with Gasteiger partial charge in [0.25, 0.3) is 5.91 Å². The molecule has 0 bridgehead atoms. The van der Waals surface area contributed by atoms with Crippen LogP contribution >= 0.6 is 0 Å². The number of fused-ring (bicyclic) bond motifs is 1. The molecule has 5 rings (SSSR count). The van der Waals surface area contributed by atoms with Crippen LogP contribution in [-0.2, 0) is 6.54 Å². The Labute approximate surface area is 227 Å². The minimum absolute atomic E-state index is 0.00501. The van der Waals surface area contributed by atoms with Crippen LogP contribution in [-0.4, -0.2) is 65.9 Å². The highest BCUT2D eigenvalue weighted by Crippen LogP contribution is 2.28. The number of nitrogens with one attached hydrogen (secondary N) is 2. The normalized spacial score (nSPS) is 22.7. The molecule has 0 spiro atoms. The van der Waals surface area contributed by atoms with Crippen molar-refractivity contribution >= 4 is 23.6 Å². The molecule has 2 aromatic carbocycles. The molecule has 2 N–H and O–H groups in total. The van der Waals surface area contributed by atoms with Crippen molar-refractivity contribution in [2.75, 3.05) is 38.5 Å². The second-order valence-electron chi connectivity index (χ2n) is 11.2. The van der Waals surface area contributed by atoms with Gasteiger partial charge in [-0.15, -0.1) is 0 Å². The second-order valence-corrected chi connectivity index (χ2v) is 11.2. The largest absolute Gasteiger partial charge is 0.325 e. The minimum atomic E-state index is 0.00501. The standard InChI is InChI=1S/C31H42N6O/c1-22-5-11-28(12-6-22)35-15-17-37(18-16-35)34-31(32-4)33-27-9-7-25(8-10-27)30(38)36-14-13-29-24(3)19-23(2)20-26(29)21-36/h7-10,13-14,19-20,22,28H,5-6,11-12,15-18,21H2,1-4H3,(H2,32,33,34). The zero-order valence-electron chi connectivity index (χ0n) is 23.3. The van der Waals surface area contributed by atoms with Crippen molar-refractivity contribution in [3.8, 4) is 0 Å². The van der Waals surface area contributed by atoms with Gasteiger partial charge in [-0.05, 0) is 92.5 Å². The third-order valence-electron chi connectivity index (χ3n) is 8.34. The Bertz CT molecular complexity index is 1190. The van der Waals surface area contributed by atoms with Crippen molar-refractivity contribution in [3.63, 3.8) is 0 Å². The average Bonchev–Trinajstić information content (AvgIpc) is 2.93. The quantitative estimate of drug-likeness (QED) is 0.443. The Balaban J connectivity index is 1.13. The highest BCUT2D eigenvalue weighted by atomic mass is 16.2. The zero-order valence-corrected chi connectivity index (χ0v) is 23.3. The first-order valence-electron chi connectivity index (χ1n) is 14.1. The first-order chi connectivity index (χ1) is 18.4. The summed E-state index contributed by atoms with van der Waals surface area (Å²) in [7, 11) is 1.79. The first-order valence-corrected chi connectivity index (χ1v) is 14.1. The number of hydrogen-bond acceptors (Lipinski definition) is 4. The Morgan fingerprint density at radius 1 is 0.974 bits per heavy atom. The molecule has 3 aliphatic rings. The number of piperazine rings is 1. The van der Waals surface area contributed by atoms with E-state index in [0.717, 1.165) is 43.8 Å². The molecule has 1 aliphatic carbocycles. The van der Waals surface area contributed by atoms with Crippen molar-refractivity contribution < 1.29 is 4.79 Å². The van der Waals surface area contributed by atoms with E-state index in [4.69, 9.17) is 0 Å². The van der Waals surface area contributed by atoms with E-state index in [9.17, 15) is 4.79 Å². The molecule has 0 unspecified atom stereocenters. The molecule has 38 heavy (non-hydrogen) atoms. The number of benzene rings is 2. The summed E-state index contributed by atoms with van der Waals surface area (Å²) < 4.78 is 0. The Kier molecular flexibility index (Phi) is 8.15. The second kappa shape index (κ2) is 11.7. The Morgan fingerprint density at radius 3 is 2.37 bits per heavy atom. The van der Waals surface area contributed by atoms with E-state index in [1.54, 1.807) is 11.9 Å². The molecule has 7 nitrogen and oxygen atoms in total. The fraction of sp³-hybridized carbons (Fsp3) is 0.484. The number of rotatable bonds is 4. The molecule has 1 saturated heterocycles. The summed E-state index contributed by atoms with van der Waals surface area (Å²) in [6.07, 6.45) is 9.37. The van der Waals surface area contributed by atoms with Gasteiger partial charge in [0.2, 0.25) is 5.96 Å². The predicted molar refractivity (Wildman–Crippen MR) is 156 cm³/mol. The molecular weight excluding hydrogens is 472 g/mol. The lowest BCUT2D eigenvalue weighted by Gasteiger charge is -2.41. The topological polar surface area (TPSA) is 63.2 Å². The number of nitrogens with zero attached hydrogens (tertiary/aromatic N) is 4. The zero-order chi connectivity index (χ0) is 26.6. The van der Waals surface area contributed by atoms with Crippen LogP contribution in [0.3, 0.4) is 0 Å². The molecule has 1 amide bonds. The van der Waals surface area contributed by atoms with Gasteiger partial charge in [-0.25, -0.2) is 5.01 Å². The summed E-state index contributed by atoms with van der Waals surface area (Å²) in [6, 6.07) is 12.8. The van der Waals surface area contributed by atoms with E-state index >= 15 is 0 Å². The molecule has 1 saturated carbocycles. The molecule has 0 aromatic heterocycles. The van der Waals surface area contributed by atoms with E-state index in [-0.39, 0.29) is 5.91 Å². The Morgan fingerprint density at radius 2 is 1.68 bits per heavy atom. The minimum Gasteiger partial charge on any atom is -0.325 e. The maximum absolute atomic E-state index is 13.2. The first kappa shape index (κ1) is 26.4. The van der Waals surface area contributed by atoms with Crippen LogP contribution in [0, 0.1) is 19.8 Å². The fourth-order valence-electron chi connectivity index (χ4n) is 6.07. The third kappa shape index (κ3) is 6.11. The van der Waals surface area contributed by atoms with Crippen LogP contribution in [0.5, 0.6) is 0 Å². The number of carbonyl (C=O) groups excluding carboxylic acids is 1. The van der Waals surface area contributed by atoms with Crippen molar-refractivity contribution in [1.82, 2.24) is 20.2 Å². The monoisotopic (exact) mass is 514 g/mol. The number of hydrogen-bond donors (Lipinski definition) is 2. The SMILES string of the molecule is CN=C(Nc1ccc(C(=O)N2C=Cc3c(C)cc(C)cc3C2)cc1)NN1CCN(C2CCC(C)CC2)CC1. The van der Waals surface area contributed by atoms with Crippen LogP contribution in [0.1, 0.15) is 65.2 Å². The van der Waals surface area contributed by atoms with Crippen LogP contribution in [0.15, 0.2) is 47.6 Å². The van der Waals surface area contributed by atoms with Crippen LogP contribution in [0.4, 0.5) is 5.69 Å². The van der Waals surface area contributed by atoms with Gasteiger partial charge in [0.1, 0.15) is 0 Å². The van der Waals surface area contributed by atoms with Gasteiger partial charge in [0, 0.05) is 56.7 Å². The molecule has 7 heteroatoms. The van der Waals surface area contributed by atoms with E-state index in [2.05, 4.69) is 58.5 Å². The summed E-state index contributed by atoms with van der Waals surface area (Å²) in [5.74, 6) is 1.61.